The van der Waals surface area contributed by atoms with Gasteiger partial charge in [-0.05, 0) is 18.9 Å². The van der Waals surface area contributed by atoms with Crippen LogP contribution in [0.4, 0.5) is 0 Å². The quantitative estimate of drug-likeness (QED) is 0.639. The van der Waals surface area contributed by atoms with Crippen LogP contribution in [0.3, 0.4) is 0 Å². The maximum Gasteiger partial charge on any atom is 0.329 e. The molecule has 4 heteroatoms. The van der Waals surface area contributed by atoms with Gasteiger partial charge in [-0.2, -0.15) is 5.48 Å². The fraction of sp³-hybridized carbons (Fsp3) is 0.231. The zero-order valence-electron chi connectivity index (χ0n) is 9.90. The maximum atomic E-state index is 11.4. The zero-order valence-corrected chi connectivity index (χ0v) is 9.90. The number of allylic oxidation sites excluding steroid dienone is 1. The van der Waals surface area contributed by atoms with E-state index in [0.29, 0.717) is 12.0 Å². The van der Waals surface area contributed by atoms with Crippen molar-refractivity contribution in [2.24, 2.45) is 0 Å². The standard InChI is InChI=1S/C13H15NO3/c1-10(13(16)14-17-11(2)15)8-9-12-6-4-3-5-7-12/h3-8H,9H2,1-2H3,(H,14,16)/b10-8+. The Morgan fingerprint density at radius 1 is 1.24 bits per heavy atom. The van der Waals surface area contributed by atoms with Crippen LogP contribution < -0.4 is 5.48 Å². The van der Waals surface area contributed by atoms with Crippen molar-refractivity contribution < 1.29 is 14.4 Å². The molecule has 1 aromatic rings. The fourth-order valence-electron chi connectivity index (χ4n) is 1.18. The number of hydrogen-bond donors (Lipinski definition) is 1. The van der Waals surface area contributed by atoms with E-state index in [9.17, 15) is 9.59 Å². The van der Waals surface area contributed by atoms with Gasteiger partial charge in [0.15, 0.2) is 0 Å². The monoisotopic (exact) mass is 233 g/mol. The molecule has 0 aromatic heterocycles. The molecule has 0 aliphatic heterocycles. The number of hydrogen-bond acceptors (Lipinski definition) is 3. The molecule has 0 bridgehead atoms. The smallest absolute Gasteiger partial charge is 0.329 e. The van der Waals surface area contributed by atoms with Gasteiger partial charge >= 0.3 is 5.97 Å². The largest absolute Gasteiger partial charge is 0.341 e. The summed E-state index contributed by atoms with van der Waals surface area (Å²) in [6.45, 7) is 2.89. The van der Waals surface area contributed by atoms with Crippen molar-refractivity contribution in [3.05, 3.63) is 47.5 Å². The average molecular weight is 233 g/mol. The number of carbonyl (C=O) groups is 2. The average Bonchev–Trinajstić information content (AvgIpc) is 2.34. The van der Waals surface area contributed by atoms with Crippen molar-refractivity contribution in [2.75, 3.05) is 0 Å². The number of nitrogens with one attached hydrogen (secondary N) is 1. The lowest BCUT2D eigenvalue weighted by atomic mass is 10.1. The van der Waals surface area contributed by atoms with Crippen LogP contribution in [-0.4, -0.2) is 11.9 Å². The van der Waals surface area contributed by atoms with Gasteiger partial charge in [-0.25, -0.2) is 0 Å². The maximum absolute atomic E-state index is 11.4. The Kier molecular flexibility index (Phi) is 4.94. The molecule has 0 aliphatic rings. The summed E-state index contributed by atoms with van der Waals surface area (Å²) in [6, 6.07) is 9.78. The number of amides is 1. The number of hydroxylamine groups is 1. The topological polar surface area (TPSA) is 55.4 Å². The van der Waals surface area contributed by atoms with Gasteiger partial charge in [0.25, 0.3) is 5.91 Å². The number of benzene rings is 1. The minimum Gasteiger partial charge on any atom is -0.341 e. The summed E-state index contributed by atoms with van der Waals surface area (Å²) < 4.78 is 0. The molecule has 0 radical (unpaired) electrons. The van der Waals surface area contributed by atoms with E-state index < -0.39 is 11.9 Å². The van der Waals surface area contributed by atoms with E-state index in [4.69, 9.17) is 0 Å². The van der Waals surface area contributed by atoms with Gasteiger partial charge in [0.1, 0.15) is 0 Å². The van der Waals surface area contributed by atoms with E-state index in [-0.39, 0.29) is 0 Å². The third kappa shape index (κ3) is 4.97. The Morgan fingerprint density at radius 3 is 2.47 bits per heavy atom. The lowest BCUT2D eigenvalue weighted by molar-refractivity contribution is -0.154. The van der Waals surface area contributed by atoms with Crippen molar-refractivity contribution >= 4 is 11.9 Å². The molecule has 1 aromatic carbocycles. The molecular formula is C13H15NO3. The van der Waals surface area contributed by atoms with E-state index in [1.165, 1.54) is 6.92 Å². The third-order valence-electron chi connectivity index (χ3n) is 2.13. The van der Waals surface area contributed by atoms with Gasteiger partial charge in [0, 0.05) is 12.5 Å². The van der Waals surface area contributed by atoms with Crippen LogP contribution in [0.15, 0.2) is 42.0 Å². The summed E-state index contributed by atoms with van der Waals surface area (Å²) in [5.74, 6) is -0.953. The Labute approximate surface area is 100 Å². The Morgan fingerprint density at radius 2 is 1.88 bits per heavy atom. The van der Waals surface area contributed by atoms with Crippen LogP contribution in [0.2, 0.25) is 0 Å². The zero-order chi connectivity index (χ0) is 12.7. The molecule has 0 unspecified atom stereocenters. The highest BCUT2D eigenvalue weighted by atomic mass is 16.7. The molecule has 0 heterocycles. The van der Waals surface area contributed by atoms with E-state index >= 15 is 0 Å². The van der Waals surface area contributed by atoms with Gasteiger partial charge in [-0.3, -0.25) is 9.59 Å². The van der Waals surface area contributed by atoms with Gasteiger partial charge in [0.2, 0.25) is 0 Å². The highest BCUT2D eigenvalue weighted by molar-refractivity contribution is 5.92. The van der Waals surface area contributed by atoms with Crippen molar-refractivity contribution in [1.29, 1.82) is 0 Å². The summed E-state index contributed by atoms with van der Waals surface area (Å²) in [6.07, 6.45) is 2.45. The summed E-state index contributed by atoms with van der Waals surface area (Å²) in [7, 11) is 0. The van der Waals surface area contributed by atoms with Crippen LogP contribution in [0.1, 0.15) is 19.4 Å². The molecule has 1 amide bonds. The minimum atomic E-state index is -0.547. The van der Waals surface area contributed by atoms with Gasteiger partial charge in [-0.1, -0.05) is 36.4 Å². The highest BCUT2D eigenvalue weighted by Gasteiger charge is 2.04. The second-order valence-corrected chi connectivity index (χ2v) is 3.60. The van der Waals surface area contributed by atoms with Gasteiger partial charge in [-0.15, -0.1) is 0 Å². The van der Waals surface area contributed by atoms with E-state index in [2.05, 4.69) is 10.3 Å². The molecule has 0 saturated carbocycles. The molecule has 1 rings (SSSR count). The summed E-state index contributed by atoms with van der Waals surface area (Å²) in [5, 5.41) is 0. The van der Waals surface area contributed by atoms with Crippen molar-refractivity contribution in [3.8, 4) is 0 Å². The normalized spacial score (nSPS) is 10.8. The van der Waals surface area contributed by atoms with Crippen molar-refractivity contribution in [3.63, 3.8) is 0 Å². The Balaban J connectivity index is 2.49. The van der Waals surface area contributed by atoms with E-state index in [0.717, 1.165) is 5.56 Å². The summed E-state index contributed by atoms with van der Waals surface area (Å²) in [4.78, 5) is 26.3. The number of rotatable bonds is 3. The summed E-state index contributed by atoms with van der Waals surface area (Å²) >= 11 is 0. The molecule has 0 aliphatic carbocycles. The Bertz CT molecular complexity index is 424. The molecule has 0 spiro atoms. The van der Waals surface area contributed by atoms with Crippen molar-refractivity contribution in [2.45, 2.75) is 20.3 Å². The second kappa shape index (κ2) is 6.48. The SMILES string of the molecule is CC(=O)ONC(=O)/C(C)=C/Cc1ccccc1. The lowest BCUT2D eigenvalue weighted by Gasteiger charge is -2.03. The van der Waals surface area contributed by atoms with Crippen LogP contribution in [0.25, 0.3) is 0 Å². The molecule has 0 fully saturated rings. The third-order valence-corrected chi connectivity index (χ3v) is 2.13. The first kappa shape index (κ1) is 13.0. The van der Waals surface area contributed by atoms with Crippen LogP contribution in [-0.2, 0) is 20.8 Å². The van der Waals surface area contributed by atoms with Crippen LogP contribution in [0.5, 0.6) is 0 Å². The van der Waals surface area contributed by atoms with Crippen molar-refractivity contribution in [1.82, 2.24) is 5.48 Å². The van der Waals surface area contributed by atoms with Gasteiger partial charge in [0.05, 0.1) is 0 Å². The Hall–Kier alpha value is -2.10. The fourth-order valence-corrected chi connectivity index (χ4v) is 1.18. The first-order valence-corrected chi connectivity index (χ1v) is 5.28. The molecule has 90 valence electrons. The molecular weight excluding hydrogens is 218 g/mol. The highest BCUT2D eigenvalue weighted by Crippen LogP contribution is 2.03. The van der Waals surface area contributed by atoms with E-state index in [1.54, 1.807) is 13.0 Å². The van der Waals surface area contributed by atoms with E-state index in [1.807, 2.05) is 30.3 Å². The first-order chi connectivity index (χ1) is 8.09. The van der Waals surface area contributed by atoms with Crippen LogP contribution in [0, 0.1) is 0 Å². The molecule has 4 nitrogen and oxygen atoms in total. The predicted octanol–water partition coefficient (Wildman–Crippen LogP) is 1.77. The molecule has 0 saturated heterocycles. The van der Waals surface area contributed by atoms with Crippen LogP contribution >= 0.6 is 0 Å². The first-order valence-electron chi connectivity index (χ1n) is 5.28. The molecule has 17 heavy (non-hydrogen) atoms. The second-order valence-electron chi connectivity index (χ2n) is 3.60. The van der Waals surface area contributed by atoms with Gasteiger partial charge < -0.3 is 4.84 Å². The predicted molar refractivity (Wildman–Crippen MR) is 63.8 cm³/mol. The molecule has 1 N–H and O–H groups in total. The summed E-state index contributed by atoms with van der Waals surface area (Å²) in [5.41, 5.74) is 3.69. The number of carbonyl (C=O) groups excluding carboxylic acids is 2. The molecule has 0 atom stereocenters. The lowest BCUT2D eigenvalue weighted by Crippen LogP contribution is -2.26. The minimum absolute atomic E-state index is 0.406.